The van der Waals surface area contributed by atoms with Crippen molar-refractivity contribution in [2.45, 2.75) is 0 Å². The van der Waals surface area contributed by atoms with Crippen LogP contribution >= 0.6 is 0 Å². The number of hydrogen-bond donors (Lipinski definition) is 0. The summed E-state index contributed by atoms with van der Waals surface area (Å²) in [6, 6.07) is 95.8. The Balaban J connectivity index is 0.869. The van der Waals surface area contributed by atoms with Gasteiger partial charge in [-0.05, 0) is 145 Å². The lowest BCUT2D eigenvalue weighted by atomic mass is 9.86. The Labute approximate surface area is 427 Å². The van der Waals surface area contributed by atoms with E-state index in [0.29, 0.717) is 0 Å². The lowest BCUT2D eigenvalue weighted by Gasteiger charge is -2.28. The van der Waals surface area contributed by atoms with Crippen molar-refractivity contribution in [1.29, 1.82) is 0 Å². The predicted molar refractivity (Wildman–Crippen MR) is 309 cm³/mol. The van der Waals surface area contributed by atoms with Crippen LogP contribution in [-0.2, 0) is 0 Å². The van der Waals surface area contributed by atoms with Crippen LogP contribution in [0.4, 0.5) is 34.1 Å². The number of ether oxygens (including phenoxy) is 1. The minimum absolute atomic E-state index is 0.835. The van der Waals surface area contributed by atoms with Gasteiger partial charge < -0.3 is 19.0 Å². The van der Waals surface area contributed by atoms with Crippen molar-refractivity contribution >= 4 is 99.2 Å². The second-order valence-corrected chi connectivity index (χ2v) is 19.2. The molecule has 15 rings (SSSR count). The second kappa shape index (κ2) is 16.9. The first kappa shape index (κ1) is 41.8. The number of hydrogen-bond acceptors (Lipinski definition) is 4. The number of furan rings is 1. The molecule has 0 spiro atoms. The highest BCUT2D eigenvalue weighted by atomic mass is 16.5. The van der Waals surface area contributed by atoms with Crippen LogP contribution in [0.15, 0.2) is 271 Å². The molecular formula is C70H44N2O2. The van der Waals surface area contributed by atoms with E-state index in [1.54, 1.807) is 0 Å². The first-order valence-electron chi connectivity index (χ1n) is 25.2. The summed E-state index contributed by atoms with van der Waals surface area (Å²) in [5, 5.41) is 11.7. The molecule has 346 valence electrons. The van der Waals surface area contributed by atoms with Gasteiger partial charge in [0.05, 0.1) is 11.4 Å². The van der Waals surface area contributed by atoms with E-state index in [1.807, 2.05) is 6.07 Å². The fraction of sp³-hybridized carbons (Fsp3) is 0. The Bertz CT molecular complexity index is 4520. The van der Waals surface area contributed by atoms with Gasteiger partial charge >= 0.3 is 0 Å². The van der Waals surface area contributed by atoms with Gasteiger partial charge in [0.25, 0.3) is 0 Å². The molecule has 1 aliphatic rings. The van der Waals surface area contributed by atoms with Gasteiger partial charge in [0.2, 0.25) is 0 Å². The molecule has 0 saturated carbocycles. The number of fused-ring (bicyclic) bond motifs is 10. The molecule has 13 aromatic carbocycles. The first-order valence-corrected chi connectivity index (χ1v) is 25.2. The number of para-hydroxylation sites is 4. The Morgan fingerprint density at radius 3 is 1.73 bits per heavy atom. The molecule has 0 unspecified atom stereocenters. The van der Waals surface area contributed by atoms with E-state index in [0.717, 1.165) is 101 Å². The van der Waals surface area contributed by atoms with Gasteiger partial charge in [-0.3, -0.25) is 0 Å². The number of nitrogens with zero attached hydrogens (tertiary/aromatic N) is 2. The molecule has 0 amide bonds. The first-order chi connectivity index (χ1) is 36.7. The van der Waals surface area contributed by atoms with Gasteiger partial charge in [-0.2, -0.15) is 0 Å². The molecule has 4 heteroatoms. The van der Waals surface area contributed by atoms with Crippen LogP contribution in [0.25, 0.3) is 98.4 Å². The summed E-state index contributed by atoms with van der Waals surface area (Å²) in [6.07, 6.45) is 0. The van der Waals surface area contributed by atoms with Crippen LogP contribution in [0.2, 0.25) is 0 Å². The second-order valence-electron chi connectivity index (χ2n) is 19.2. The molecule has 1 aliphatic heterocycles. The van der Waals surface area contributed by atoms with Gasteiger partial charge in [-0.1, -0.05) is 176 Å². The third-order valence-electron chi connectivity index (χ3n) is 15.0. The summed E-state index contributed by atoms with van der Waals surface area (Å²) in [5.74, 6) is 1.69. The van der Waals surface area contributed by atoms with Crippen molar-refractivity contribution in [2.24, 2.45) is 0 Å². The number of anilines is 6. The summed E-state index contributed by atoms with van der Waals surface area (Å²) in [5.41, 5.74) is 14.8. The summed E-state index contributed by atoms with van der Waals surface area (Å²) in [7, 11) is 0. The molecule has 2 heterocycles. The zero-order chi connectivity index (χ0) is 48.7. The standard InChI is InChI=1S/C70H44N2O2/c1-3-18-46(19-4-1)53-23-11-13-29-64(53)72(65-30-15-28-59-56-26-12-14-31-66(56)74-70(59)65)50-36-34-47(35-37-50)60-43-62-58-27-16-32-67-69(58)63(44-61(62)55-25-10-9-24-54(55)60)57-40-39-52(42-68(57)73-67)71(49-21-5-2-6-22-49)51-38-33-45-17-7-8-20-48(45)41-51/h1-44H. The van der Waals surface area contributed by atoms with Crippen LogP contribution in [0.1, 0.15) is 0 Å². The highest BCUT2D eigenvalue weighted by Crippen LogP contribution is 2.53. The van der Waals surface area contributed by atoms with E-state index in [1.165, 1.54) is 43.4 Å². The molecule has 0 atom stereocenters. The minimum Gasteiger partial charge on any atom is -0.456 e. The largest absolute Gasteiger partial charge is 0.456 e. The Hall–Kier alpha value is -9.90. The normalized spacial score (nSPS) is 11.9. The van der Waals surface area contributed by atoms with Crippen molar-refractivity contribution in [2.75, 3.05) is 9.80 Å². The molecule has 0 aliphatic carbocycles. The van der Waals surface area contributed by atoms with E-state index in [4.69, 9.17) is 9.15 Å². The van der Waals surface area contributed by atoms with E-state index in [9.17, 15) is 0 Å². The summed E-state index contributed by atoms with van der Waals surface area (Å²) in [4.78, 5) is 4.67. The zero-order valence-electron chi connectivity index (χ0n) is 40.1. The molecule has 0 radical (unpaired) electrons. The summed E-state index contributed by atoms with van der Waals surface area (Å²) < 4.78 is 13.7. The van der Waals surface area contributed by atoms with E-state index in [-0.39, 0.29) is 0 Å². The Morgan fingerprint density at radius 2 is 0.865 bits per heavy atom. The van der Waals surface area contributed by atoms with Gasteiger partial charge in [0.1, 0.15) is 17.1 Å². The fourth-order valence-corrected chi connectivity index (χ4v) is 11.6. The predicted octanol–water partition coefficient (Wildman–Crippen LogP) is 20.2. The van der Waals surface area contributed by atoms with Gasteiger partial charge in [0.15, 0.2) is 5.58 Å². The molecule has 0 fully saturated rings. The third kappa shape index (κ3) is 6.69. The van der Waals surface area contributed by atoms with E-state index in [2.05, 4.69) is 271 Å². The number of rotatable bonds is 8. The lowest BCUT2D eigenvalue weighted by molar-refractivity contribution is 0.487. The van der Waals surface area contributed by atoms with Crippen molar-refractivity contribution in [3.05, 3.63) is 267 Å². The maximum atomic E-state index is 6.98. The van der Waals surface area contributed by atoms with Crippen LogP contribution in [0.3, 0.4) is 0 Å². The van der Waals surface area contributed by atoms with Gasteiger partial charge in [-0.15, -0.1) is 0 Å². The maximum Gasteiger partial charge on any atom is 0.159 e. The Kier molecular flexibility index (Phi) is 9.54. The topological polar surface area (TPSA) is 28.9 Å². The lowest BCUT2D eigenvalue weighted by Crippen LogP contribution is -2.11. The van der Waals surface area contributed by atoms with Crippen LogP contribution < -0.4 is 14.5 Å². The van der Waals surface area contributed by atoms with Gasteiger partial charge in [-0.25, -0.2) is 0 Å². The maximum absolute atomic E-state index is 6.98. The van der Waals surface area contributed by atoms with E-state index >= 15 is 0 Å². The Morgan fingerprint density at radius 1 is 0.270 bits per heavy atom. The molecule has 0 saturated heterocycles. The smallest absolute Gasteiger partial charge is 0.159 e. The van der Waals surface area contributed by atoms with Crippen molar-refractivity contribution in [3.8, 4) is 44.9 Å². The highest BCUT2D eigenvalue weighted by molar-refractivity contribution is 6.25. The van der Waals surface area contributed by atoms with Gasteiger partial charge in [0, 0.05) is 56.1 Å². The molecular weight excluding hydrogens is 901 g/mol. The fourth-order valence-electron chi connectivity index (χ4n) is 11.6. The SMILES string of the molecule is c1ccc(-c2ccccc2N(c2ccc(-c3cc4c5cccc6c5c(cc4c4ccccc34)-c3ccc(N(c4ccccc4)c4ccc5ccccc5c4)cc3O6)cc2)c2cccc3c2oc2ccccc23)cc1. The average Bonchev–Trinajstić information content (AvgIpc) is 3.85. The molecule has 0 N–H and O–H groups in total. The highest BCUT2D eigenvalue weighted by Gasteiger charge is 2.26. The van der Waals surface area contributed by atoms with Crippen LogP contribution in [0.5, 0.6) is 11.5 Å². The molecule has 0 bridgehead atoms. The van der Waals surface area contributed by atoms with E-state index < -0.39 is 0 Å². The molecule has 74 heavy (non-hydrogen) atoms. The van der Waals surface area contributed by atoms with Crippen molar-refractivity contribution < 1.29 is 9.15 Å². The average molecular weight is 945 g/mol. The van der Waals surface area contributed by atoms with Crippen molar-refractivity contribution in [1.82, 2.24) is 0 Å². The summed E-state index contributed by atoms with van der Waals surface area (Å²) in [6.45, 7) is 0. The minimum atomic E-state index is 0.835. The molecule has 1 aromatic heterocycles. The molecule has 14 aromatic rings. The zero-order valence-corrected chi connectivity index (χ0v) is 40.1. The third-order valence-corrected chi connectivity index (χ3v) is 15.0. The summed E-state index contributed by atoms with van der Waals surface area (Å²) >= 11 is 0. The monoisotopic (exact) mass is 944 g/mol. The van der Waals surface area contributed by atoms with Crippen LogP contribution in [-0.4, -0.2) is 0 Å². The number of benzene rings is 13. The molecule has 4 nitrogen and oxygen atoms in total. The van der Waals surface area contributed by atoms with Crippen molar-refractivity contribution in [3.63, 3.8) is 0 Å². The van der Waals surface area contributed by atoms with Crippen LogP contribution in [0, 0.1) is 0 Å². The quantitative estimate of drug-likeness (QED) is 0.142.